The predicted molar refractivity (Wildman–Crippen MR) is 118 cm³/mol. The lowest BCUT2D eigenvalue weighted by Gasteiger charge is -2.25. The molecule has 0 saturated carbocycles. The molecule has 9 heteroatoms. The molecule has 0 aromatic heterocycles. The largest absolute Gasteiger partial charge is 0.493 e. The van der Waals surface area contributed by atoms with E-state index in [1.807, 2.05) is 6.92 Å². The first-order valence-electron chi connectivity index (χ1n) is 10.5. The van der Waals surface area contributed by atoms with E-state index in [0.29, 0.717) is 31.2 Å². The van der Waals surface area contributed by atoms with Gasteiger partial charge in [0.25, 0.3) is 0 Å². The number of hydrogen-bond donors (Lipinski definition) is 0. The molecule has 0 unspecified atom stereocenters. The Morgan fingerprint density at radius 2 is 1.59 bits per heavy atom. The van der Waals surface area contributed by atoms with E-state index < -0.39 is 28.4 Å². The van der Waals surface area contributed by atoms with Gasteiger partial charge in [0.15, 0.2) is 23.9 Å². The zero-order valence-electron chi connectivity index (χ0n) is 18.2. The summed E-state index contributed by atoms with van der Waals surface area (Å²) in [5.41, 5.74) is 0.487. The van der Waals surface area contributed by atoms with Gasteiger partial charge in [-0.15, -0.1) is 0 Å². The number of ketones is 1. The van der Waals surface area contributed by atoms with Gasteiger partial charge < -0.3 is 14.2 Å². The number of methoxy groups -OCH3 is 1. The maximum absolute atomic E-state index is 12.7. The van der Waals surface area contributed by atoms with E-state index in [0.717, 1.165) is 19.3 Å². The molecule has 32 heavy (non-hydrogen) atoms. The van der Waals surface area contributed by atoms with E-state index >= 15 is 0 Å². The maximum atomic E-state index is 12.7. The number of rotatable bonds is 9. The van der Waals surface area contributed by atoms with Crippen molar-refractivity contribution in [2.24, 2.45) is 0 Å². The number of ether oxygens (including phenoxy) is 3. The van der Waals surface area contributed by atoms with Crippen molar-refractivity contribution in [2.45, 2.75) is 31.1 Å². The Balaban J connectivity index is 1.62. The molecule has 1 aliphatic rings. The number of hydrogen-bond acceptors (Lipinski definition) is 7. The highest BCUT2D eigenvalue weighted by atomic mass is 32.2. The number of carbonyl (C=O) groups is 2. The summed E-state index contributed by atoms with van der Waals surface area (Å²) in [5.74, 6) is -0.220. The van der Waals surface area contributed by atoms with Crippen LogP contribution in [0.5, 0.6) is 11.5 Å². The number of benzene rings is 2. The number of sulfonamides is 1. The molecule has 0 bridgehead atoms. The lowest BCUT2D eigenvalue weighted by atomic mass is 10.1. The summed E-state index contributed by atoms with van der Waals surface area (Å²) in [4.78, 5) is 24.9. The fourth-order valence-corrected chi connectivity index (χ4v) is 4.95. The SMILES string of the molecule is CCOc1ccc(C(=O)OCC(=O)c2ccc(S(=O)(=O)N3CCCCC3)cc2)cc1OC. The third-order valence-corrected chi connectivity index (χ3v) is 7.08. The number of piperidine rings is 1. The molecule has 172 valence electrons. The molecule has 8 nitrogen and oxygen atoms in total. The smallest absolute Gasteiger partial charge is 0.338 e. The number of esters is 1. The molecule has 0 amide bonds. The molecular weight excluding hydrogens is 434 g/mol. The first-order valence-corrected chi connectivity index (χ1v) is 11.9. The summed E-state index contributed by atoms with van der Waals surface area (Å²) in [6.07, 6.45) is 2.73. The summed E-state index contributed by atoms with van der Waals surface area (Å²) >= 11 is 0. The Morgan fingerprint density at radius 3 is 2.22 bits per heavy atom. The number of nitrogens with zero attached hydrogens (tertiary/aromatic N) is 1. The first-order chi connectivity index (χ1) is 15.4. The van der Waals surface area contributed by atoms with E-state index in [1.54, 1.807) is 6.07 Å². The van der Waals surface area contributed by atoms with Crippen LogP contribution >= 0.6 is 0 Å². The monoisotopic (exact) mass is 461 g/mol. The third kappa shape index (κ3) is 5.46. The minimum absolute atomic E-state index is 0.148. The summed E-state index contributed by atoms with van der Waals surface area (Å²) in [7, 11) is -2.10. The normalized spacial score (nSPS) is 14.6. The van der Waals surface area contributed by atoms with E-state index in [1.165, 1.54) is 47.8 Å². The molecule has 1 heterocycles. The molecule has 0 aliphatic carbocycles. The van der Waals surface area contributed by atoms with Crippen molar-refractivity contribution in [3.63, 3.8) is 0 Å². The molecule has 0 spiro atoms. The van der Waals surface area contributed by atoms with E-state index in [9.17, 15) is 18.0 Å². The minimum atomic E-state index is -3.57. The van der Waals surface area contributed by atoms with Crippen LogP contribution in [0.1, 0.15) is 46.9 Å². The van der Waals surface area contributed by atoms with Gasteiger partial charge >= 0.3 is 5.97 Å². The van der Waals surface area contributed by atoms with Crippen LogP contribution in [0.3, 0.4) is 0 Å². The quantitative estimate of drug-likeness (QED) is 0.417. The molecule has 0 atom stereocenters. The van der Waals surface area contributed by atoms with Gasteiger partial charge in [0, 0.05) is 18.7 Å². The van der Waals surface area contributed by atoms with Crippen molar-refractivity contribution in [1.82, 2.24) is 4.31 Å². The van der Waals surface area contributed by atoms with E-state index in [-0.39, 0.29) is 16.0 Å². The Morgan fingerprint density at radius 1 is 0.938 bits per heavy atom. The summed E-state index contributed by atoms with van der Waals surface area (Å²) < 4.78 is 42.6. The molecule has 3 rings (SSSR count). The second-order valence-corrected chi connectivity index (χ2v) is 9.23. The highest BCUT2D eigenvalue weighted by Gasteiger charge is 2.26. The zero-order chi connectivity index (χ0) is 23.1. The van der Waals surface area contributed by atoms with Crippen LogP contribution in [0.25, 0.3) is 0 Å². The molecule has 0 radical (unpaired) electrons. The minimum Gasteiger partial charge on any atom is -0.493 e. The molecule has 1 fully saturated rings. The molecular formula is C23H27NO7S. The van der Waals surface area contributed by atoms with Gasteiger partial charge in [-0.3, -0.25) is 4.79 Å². The highest BCUT2D eigenvalue weighted by Crippen LogP contribution is 2.28. The van der Waals surface area contributed by atoms with Gasteiger partial charge in [0.1, 0.15) is 0 Å². The lowest BCUT2D eigenvalue weighted by molar-refractivity contribution is 0.0474. The Hall–Kier alpha value is -2.91. The first kappa shape index (κ1) is 23.7. The highest BCUT2D eigenvalue weighted by molar-refractivity contribution is 7.89. The van der Waals surface area contributed by atoms with Crippen LogP contribution in [0.4, 0.5) is 0 Å². The van der Waals surface area contributed by atoms with Crippen molar-refractivity contribution >= 4 is 21.8 Å². The van der Waals surface area contributed by atoms with Crippen LogP contribution < -0.4 is 9.47 Å². The van der Waals surface area contributed by atoms with Crippen molar-refractivity contribution < 1.29 is 32.2 Å². The Bertz CT molecular complexity index is 1060. The van der Waals surface area contributed by atoms with Crippen LogP contribution in [0.15, 0.2) is 47.4 Å². The van der Waals surface area contributed by atoms with Crippen LogP contribution in [0, 0.1) is 0 Å². The van der Waals surface area contributed by atoms with Gasteiger partial charge in [-0.1, -0.05) is 6.42 Å². The van der Waals surface area contributed by atoms with Crippen LogP contribution in [-0.2, 0) is 14.8 Å². The standard InChI is InChI=1S/C23H27NO7S/c1-3-30-21-12-9-18(15-22(21)29-2)23(26)31-16-20(25)17-7-10-19(11-8-17)32(27,28)24-13-5-4-6-14-24/h7-12,15H,3-6,13-14,16H2,1-2H3. The predicted octanol–water partition coefficient (Wildman–Crippen LogP) is 3.31. The van der Waals surface area contributed by atoms with Gasteiger partial charge in [0.2, 0.25) is 10.0 Å². The second kappa shape index (κ2) is 10.6. The second-order valence-electron chi connectivity index (χ2n) is 7.29. The zero-order valence-corrected chi connectivity index (χ0v) is 19.0. The van der Waals surface area contributed by atoms with Crippen molar-refractivity contribution in [3.8, 4) is 11.5 Å². The number of carbonyl (C=O) groups excluding carboxylic acids is 2. The summed E-state index contributed by atoms with van der Waals surface area (Å²) in [6.45, 7) is 2.84. The molecule has 1 aliphatic heterocycles. The molecule has 2 aromatic carbocycles. The van der Waals surface area contributed by atoms with E-state index in [2.05, 4.69) is 0 Å². The van der Waals surface area contributed by atoms with Crippen LogP contribution in [-0.4, -0.2) is 57.9 Å². The Labute approximate surface area is 188 Å². The summed E-state index contributed by atoms with van der Waals surface area (Å²) in [6, 6.07) is 10.3. The summed E-state index contributed by atoms with van der Waals surface area (Å²) in [5, 5.41) is 0. The van der Waals surface area contributed by atoms with Crippen LogP contribution in [0.2, 0.25) is 0 Å². The topological polar surface area (TPSA) is 99.2 Å². The average Bonchev–Trinajstić information content (AvgIpc) is 2.83. The third-order valence-electron chi connectivity index (χ3n) is 5.16. The maximum Gasteiger partial charge on any atom is 0.338 e. The lowest BCUT2D eigenvalue weighted by Crippen LogP contribution is -2.35. The van der Waals surface area contributed by atoms with Gasteiger partial charge in [-0.05, 0) is 62.2 Å². The van der Waals surface area contributed by atoms with Crippen molar-refractivity contribution in [2.75, 3.05) is 33.4 Å². The molecule has 0 N–H and O–H groups in total. The fourth-order valence-electron chi connectivity index (χ4n) is 3.43. The molecule has 1 saturated heterocycles. The number of Topliss-reactive ketones (excluding diaryl/α,β-unsaturated/α-hetero) is 1. The Kier molecular flexibility index (Phi) is 7.87. The van der Waals surface area contributed by atoms with Gasteiger partial charge in [0.05, 0.1) is 24.2 Å². The van der Waals surface area contributed by atoms with Crippen molar-refractivity contribution in [1.29, 1.82) is 0 Å². The van der Waals surface area contributed by atoms with Gasteiger partial charge in [-0.25, -0.2) is 13.2 Å². The fraction of sp³-hybridized carbons (Fsp3) is 0.391. The molecule has 2 aromatic rings. The average molecular weight is 462 g/mol. The van der Waals surface area contributed by atoms with Gasteiger partial charge in [-0.2, -0.15) is 4.31 Å². The van der Waals surface area contributed by atoms with Crippen molar-refractivity contribution in [3.05, 3.63) is 53.6 Å². The van der Waals surface area contributed by atoms with E-state index in [4.69, 9.17) is 14.2 Å².